The van der Waals surface area contributed by atoms with Gasteiger partial charge in [0.1, 0.15) is 24.1 Å². The zero-order chi connectivity index (χ0) is 36.5. The molecule has 1 N–H and O–H groups in total. The van der Waals surface area contributed by atoms with Gasteiger partial charge in [-0.25, -0.2) is 8.42 Å². The van der Waals surface area contributed by atoms with Crippen LogP contribution in [-0.4, -0.2) is 43.8 Å². The first-order chi connectivity index (χ1) is 25.2. The van der Waals surface area contributed by atoms with E-state index in [0.29, 0.717) is 16.5 Å². The van der Waals surface area contributed by atoms with E-state index in [2.05, 4.69) is 5.32 Å². The number of carbonyl (C=O) groups excluding carboxylic acids is 2. The molecule has 5 aromatic carbocycles. The summed E-state index contributed by atoms with van der Waals surface area (Å²) in [6.45, 7) is 1.39. The normalized spacial score (nSPS) is 13.7. The molecule has 0 aliphatic heterocycles. The summed E-state index contributed by atoms with van der Waals surface area (Å²) in [6, 6.07) is 38.1. The molecule has 10 heteroatoms. The first kappa shape index (κ1) is 36.7. The number of para-hydroxylation sites is 1. The molecule has 0 spiro atoms. The van der Waals surface area contributed by atoms with Crippen LogP contribution in [-0.2, 0) is 32.6 Å². The monoisotopic (exact) mass is 735 g/mol. The number of amides is 2. The van der Waals surface area contributed by atoms with E-state index in [9.17, 15) is 18.0 Å². The Bertz CT molecular complexity index is 2040. The van der Waals surface area contributed by atoms with E-state index in [1.54, 1.807) is 48.5 Å². The van der Waals surface area contributed by atoms with Gasteiger partial charge in [-0.05, 0) is 91.6 Å². The molecular weight excluding hydrogens is 694 g/mol. The summed E-state index contributed by atoms with van der Waals surface area (Å²) in [5, 5.41) is 3.74. The smallest absolute Gasteiger partial charge is 0.264 e. The van der Waals surface area contributed by atoms with Crippen LogP contribution in [0.2, 0.25) is 5.02 Å². The molecular formula is C42H42ClN3O5S. The van der Waals surface area contributed by atoms with Gasteiger partial charge in [-0.15, -0.1) is 0 Å². The molecule has 1 fully saturated rings. The molecule has 1 saturated carbocycles. The molecule has 5 aromatic rings. The number of sulfonamides is 1. The highest BCUT2D eigenvalue weighted by Gasteiger charge is 2.35. The van der Waals surface area contributed by atoms with Crippen molar-refractivity contribution in [1.29, 1.82) is 0 Å². The van der Waals surface area contributed by atoms with Crippen molar-refractivity contribution in [3.63, 3.8) is 0 Å². The first-order valence-corrected chi connectivity index (χ1v) is 19.3. The van der Waals surface area contributed by atoms with E-state index in [1.807, 2.05) is 79.7 Å². The van der Waals surface area contributed by atoms with Crippen LogP contribution in [0.4, 0.5) is 5.69 Å². The van der Waals surface area contributed by atoms with Gasteiger partial charge in [0.15, 0.2) is 0 Å². The van der Waals surface area contributed by atoms with Crippen molar-refractivity contribution >= 4 is 39.1 Å². The highest BCUT2D eigenvalue weighted by atomic mass is 35.5. The number of nitrogens with zero attached hydrogens (tertiary/aromatic N) is 2. The lowest BCUT2D eigenvalue weighted by atomic mass is 10.0. The zero-order valence-corrected chi connectivity index (χ0v) is 30.6. The number of rotatable bonds is 14. The number of ether oxygens (including phenoxy) is 1. The summed E-state index contributed by atoms with van der Waals surface area (Å²) in [4.78, 5) is 30.6. The van der Waals surface area contributed by atoms with Crippen LogP contribution in [0.25, 0.3) is 0 Å². The van der Waals surface area contributed by atoms with Crippen molar-refractivity contribution in [2.45, 2.75) is 62.6 Å². The topological polar surface area (TPSA) is 96.0 Å². The third kappa shape index (κ3) is 9.40. The highest BCUT2D eigenvalue weighted by molar-refractivity contribution is 7.92. The van der Waals surface area contributed by atoms with Crippen molar-refractivity contribution in [1.82, 2.24) is 10.2 Å². The Labute approximate surface area is 311 Å². The number of aryl methyl sites for hydroxylation is 1. The van der Waals surface area contributed by atoms with Gasteiger partial charge in [-0.2, -0.15) is 0 Å². The van der Waals surface area contributed by atoms with Crippen LogP contribution in [0.15, 0.2) is 138 Å². The fourth-order valence-electron chi connectivity index (χ4n) is 6.38. The first-order valence-electron chi connectivity index (χ1n) is 17.5. The van der Waals surface area contributed by atoms with Gasteiger partial charge in [0.05, 0.1) is 10.6 Å². The Morgan fingerprint density at radius 3 is 2.00 bits per heavy atom. The molecule has 0 unspecified atom stereocenters. The average molecular weight is 736 g/mol. The van der Waals surface area contributed by atoms with Crippen LogP contribution in [0.3, 0.4) is 0 Å². The second kappa shape index (κ2) is 16.9. The number of nitrogens with one attached hydrogen (secondary N) is 1. The van der Waals surface area contributed by atoms with Crippen LogP contribution < -0.4 is 14.4 Å². The van der Waals surface area contributed by atoms with Gasteiger partial charge in [-0.1, -0.05) is 103 Å². The van der Waals surface area contributed by atoms with Crippen molar-refractivity contribution in [3.8, 4) is 11.5 Å². The van der Waals surface area contributed by atoms with E-state index in [1.165, 1.54) is 17.0 Å². The summed E-state index contributed by atoms with van der Waals surface area (Å²) in [5.41, 5.74) is 2.80. The van der Waals surface area contributed by atoms with E-state index in [4.69, 9.17) is 16.3 Å². The molecule has 0 radical (unpaired) electrons. The highest BCUT2D eigenvalue weighted by Crippen LogP contribution is 2.29. The molecule has 1 aliphatic rings. The van der Waals surface area contributed by atoms with E-state index >= 15 is 0 Å². The summed E-state index contributed by atoms with van der Waals surface area (Å²) < 4.78 is 35.9. The van der Waals surface area contributed by atoms with Gasteiger partial charge >= 0.3 is 0 Å². The number of carbonyl (C=O) groups is 2. The van der Waals surface area contributed by atoms with Gasteiger partial charge < -0.3 is 15.0 Å². The van der Waals surface area contributed by atoms with Crippen LogP contribution in [0, 0.1) is 6.92 Å². The predicted octanol–water partition coefficient (Wildman–Crippen LogP) is 8.33. The SMILES string of the molecule is Cc1ccc(S(=O)(=O)N(CC(=O)N(Cc2ccc(Cl)cc2)[C@@H](Cc2ccccc2)C(=O)NC2CCCC2)c2ccc(Oc3ccccc3)cc2)cc1. The molecule has 2 amide bonds. The van der Waals surface area contributed by atoms with Crippen molar-refractivity contribution in [2.24, 2.45) is 0 Å². The minimum Gasteiger partial charge on any atom is -0.457 e. The predicted molar refractivity (Wildman–Crippen MR) is 205 cm³/mol. The Hall–Kier alpha value is -5.12. The molecule has 52 heavy (non-hydrogen) atoms. The molecule has 0 heterocycles. The Kier molecular flexibility index (Phi) is 11.9. The minimum atomic E-state index is -4.25. The number of hydrogen-bond donors (Lipinski definition) is 1. The van der Waals surface area contributed by atoms with Gasteiger partial charge in [0, 0.05) is 24.0 Å². The summed E-state index contributed by atoms with van der Waals surface area (Å²) in [7, 11) is -4.25. The third-order valence-electron chi connectivity index (χ3n) is 9.23. The quantitative estimate of drug-likeness (QED) is 0.124. The second-order valence-corrected chi connectivity index (χ2v) is 15.4. The molecule has 1 atom stereocenters. The van der Waals surface area contributed by atoms with Crippen LogP contribution in [0.1, 0.15) is 42.4 Å². The maximum Gasteiger partial charge on any atom is 0.264 e. The van der Waals surface area contributed by atoms with E-state index < -0.39 is 28.5 Å². The fraction of sp³-hybridized carbons (Fsp3) is 0.238. The van der Waals surface area contributed by atoms with Crippen LogP contribution in [0.5, 0.6) is 11.5 Å². The number of benzene rings is 5. The molecule has 0 aromatic heterocycles. The maximum atomic E-state index is 14.8. The maximum absolute atomic E-state index is 14.8. The fourth-order valence-corrected chi connectivity index (χ4v) is 7.92. The Morgan fingerprint density at radius 2 is 1.37 bits per heavy atom. The van der Waals surface area contributed by atoms with Gasteiger partial charge in [0.2, 0.25) is 11.8 Å². The van der Waals surface area contributed by atoms with E-state index in [-0.39, 0.29) is 35.5 Å². The lowest BCUT2D eigenvalue weighted by Gasteiger charge is -2.34. The lowest BCUT2D eigenvalue weighted by Crippen LogP contribution is -2.54. The largest absolute Gasteiger partial charge is 0.457 e. The Morgan fingerprint density at radius 1 is 0.769 bits per heavy atom. The lowest BCUT2D eigenvalue weighted by molar-refractivity contribution is -0.140. The van der Waals surface area contributed by atoms with Crippen LogP contribution >= 0.6 is 11.6 Å². The van der Waals surface area contributed by atoms with Crippen molar-refractivity contribution < 1.29 is 22.7 Å². The molecule has 0 saturated heterocycles. The molecule has 0 bridgehead atoms. The van der Waals surface area contributed by atoms with Crippen molar-refractivity contribution in [3.05, 3.63) is 155 Å². The Balaban J connectivity index is 1.38. The second-order valence-electron chi connectivity index (χ2n) is 13.1. The number of anilines is 1. The molecule has 1 aliphatic carbocycles. The zero-order valence-electron chi connectivity index (χ0n) is 29.0. The number of hydrogen-bond acceptors (Lipinski definition) is 5. The molecule has 6 rings (SSSR count). The van der Waals surface area contributed by atoms with Gasteiger partial charge in [-0.3, -0.25) is 13.9 Å². The summed E-state index contributed by atoms with van der Waals surface area (Å²) >= 11 is 6.21. The van der Waals surface area contributed by atoms with Gasteiger partial charge in [0.25, 0.3) is 10.0 Å². The minimum absolute atomic E-state index is 0.0216. The summed E-state index contributed by atoms with van der Waals surface area (Å²) in [6.07, 6.45) is 4.06. The summed E-state index contributed by atoms with van der Waals surface area (Å²) in [5.74, 6) is 0.337. The number of halogens is 1. The van der Waals surface area contributed by atoms with E-state index in [0.717, 1.165) is 46.7 Å². The van der Waals surface area contributed by atoms with Crippen molar-refractivity contribution in [2.75, 3.05) is 10.8 Å². The third-order valence-corrected chi connectivity index (χ3v) is 11.3. The standard InChI is InChI=1S/C42H42ClN3O5S/c1-31-16-26-39(27-17-31)52(49,50)46(36-22-24-38(25-23-36)51-37-14-6-3-7-15-37)30-41(47)45(29-33-18-20-34(43)21-19-33)40(28-32-10-4-2-5-11-32)42(48)44-35-12-8-9-13-35/h2-7,10-11,14-27,35,40H,8-9,12-13,28-30H2,1H3,(H,44,48)/t40-/m0/s1. The molecule has 8 nitrogen and oxygen atoms in total. The molecule has 268 valence electrons. The average Bonchev–Trinajstić information content (AvgIpc) is 3.67.